The highest BCUT2D eigenvalue weighted by Gasteiger charge is 2.29. The van der Waals surface area contributed by atoms with Gasteiger partial charge in [-0.15, -0.1) is 0 Å². The van der Waals surface area contributed by atoms with Crippen LogP contribution in [0.1, 0.15) is 39.6 Å². The van der Waals surface area contributed by atoms with E-state index in [2.05, 4.69) is 11.8 Å². The van der Waals surface area contributed by atoms with Gasteiger partial charge in [0.15, 0.2) is 0 Å². The van der Waals surface area contributed by atoms with Gasteiger partial charge in [0, 0.05) is 32.1 Å². The van der Waals surface area contributed by atoms with Crippen molar-refractivity contribution in [3.05, 3.63) is 64.7 Å². The van der Waals surface area contributed by atoms with Gasteiger partial charge >= 0.3 is 0 Å². The van der Waals surface area contributed by atoms with E-state index < -0.39 is 0 Å². The minimum absolute atomic E-state index is 0.00336. The number of carbonyl (C=O) groups is 1. The van der Waals surface area contributed by atoms with Crippen molar-refractivity contribution in [1.29, 1.82) is 0 Å². The van der Waals surface area contributed by atoms with E-state index in [4.69, 9.17) is 9.72 Å². The van der Waals surface area contributed by atoms with Gasteiger partial charge < -0.3 is 9.64 Å². The van der Waals surface area contributed by atoms with Crippen LogP contribution in [0.15, 0.2) is 53.3 Å². The number of para-hydroxylation sites is 3. The number of ether oxygens (including phenoxy) is 1. The molecule has 33 heavy (non-hydrogen) atoms. The SMILES string of the molecule is CCOc1ccccc1-n1c(C(C)N2CCN(C(=O)C(C)C)CC2)nc2ccccc2c1=O. The van der Waals surface area contributed by atoms with Crippen molar-refractivity contribution in [3.8, 4) is 11.4 Å². The number of nitrogens with zero attached hydrogens (tertiary/aromatic N) is 4. The molecular formula is C26H32N4O3. The van der Waals surface area contributed by atoms with E-state index in [1.54, 1.807) is 4.57 Å². The van der Waals surface area contributed by atoms with Crippen molar-refractivity contribution < 1.29 is 9.53 Å². The van der Waals surface area contributed by atoms with Gasteiger partial charge in [0.1, 0.15) is 11.6 Å². The van der Waals surface area contributed by atoms with E-state index >= 15 is 0 Å². The van der Waals surface area contributed by atoms with Crippen molar-refractivity contribution >= 4 is 16.8 Å². The summed E-state index contributed by atoms with van der Waals surface area (Å²) in [4.78, 5) is 35.3. The largest absolute Gasteiger partial charge is 0.492 e. The first-order chi connectivity index (χ1) is 15.9. The molecule has 2 heterocycles. The molecular weight excluding hydrogens is 416 g/mol. The molecule has 7 heteroatoms. The molecule has 1 saturated heterocycles. The summed E-state index contributed by atoms with van der Waals surface area (Å²) < 4.78 is 7.55. The molecule has 7 nitrogen and oxygen atoms in total. The molecule has 174 valence electrons. The standard InChI is InChI=1S/C26H32N4O3/c1-5-33-23-13-9-8-12-22(23)30-24(27-21-11-7-6-10-20(21)26(30)32)19(4)28-14-16-29(17-15-28)25(31)18(2)3/h6-13,18-19H,5,14-17H2,1-4H3. The Hall–Kier alpha value is -3.19. The van der Waals surface area contributed by atoms with E-state index in [1.165, 1.54) is 0 Å². The van der Waals surface area contributed by atoms with Crippen molar-refractivity contribution in [2.75, 3.05) is 32.8 Å². The average Bonchev–Trinajstić information content (AvgIpc) is 2.84. The van der Waals surface area contributed by atoms with Crippen LogP contribution in [0.25, 0.3) is 16.6 Å². The van der Waals surface area contributed by atoms with E-state index in [1.807, 2.05) is 74.2 Å². The molecule has 1 atom stereocenters. The van der Waals surface area contributed by atoms with E-state index in [-0.39, 0.29) is 23.4 Å². The van der Waals surface area contributed by atoms with Crippen molar-refractivity contribution in [1.82, 2.24) is 19.4 Å². The smallest absolute Gasteiger partial charge is 0.266 e. The maximum atomic E-state index is 13.7. The number of fused-ring (bicyclic) bond motifs is 1. The summed E-state index contributed by atoms with van der Waals surface area (Å²) in [5.41, 5.74) is 1.27. The quantitative estimate of drug-likeness (QED) is 0.576. The molecule has 0 aliphatic carbocycles. The summed E-state index contributed by atoms with van der Waals surface area (Å²) in [6, 6.07) is 14.9. The number of hydrogen-bond donors (Lipinski definition) is 0. The highest BCUT2D eigenvalue weighted by atomic mass is 16.5. The molecule has 1 amide bonds. The van der Waals surface area contributed by atoms with Gasteiger partial charge in [0.25, 0.3) is 5.56 Å². The summed E-state index contributed by atoms with van der Waals surface area (Å²) in [6.45, 7) is 11.2. The minimum atomic E-state index is -0.117. The molecule has 1 aliphatic heterocycles. The lowest BCUT2D eigenvalue weighted by Gasteiger charge is -2.38. The van der Waals surface area contributed by atoms with Gasteiger partial charge in [-0.1, -0.05) is 38.1 Å². The Bertz CT molecular complexity index is 1200. The lowest BCUT2D eigenvalue weighted by Crippen LogP contribution is -2.50. The van der Waals surface area contributed by atoms with Crippen LogP contribution in [0.3, 0.4) is 0 Å². The fourth-order valence-electron chi connectivity index (χ4n) is 4.44. The molecule has 0 saturated carbocycles. The highest BCUT2D eigenvalue weighted by Crippen LogP contribution is 2.28. The lowest BCUT2D eigenvalue weighted by molar-refractivity contribution is -0.136. The van der Waals surface area contributed by atoms with E-state index in [9.17, 15) is 9.59 Å². The van der Waals surface area contributed by atoms with Gasteiger partial charge in [-0.25, -0.2) is 4.98 Å². The van der Waals surface area contributed by atoms with E-state index in [0.717, 1.165) is 13.1 Å². The number of amides is 1. The van der Waals surface area contributed by atoms with Crippen LogP contribution in [0.2, 0.25) is 0 Å². The predicted octanol–water partition coefficient (Wildman–Crippen LogP) is 3.65. The van der Waals surface area contributed by atoms with Crippen LogP contribution >= 0.6 is 0 Å². The topological polar surface area (TPSA) is 67.7 Å². The molecule has 0 spiro atoms. The fourth-order valence-corrected chi connectivity index (χ4v) is 4.44. The summed E-state index contributed by atoms with van der Waals surface area (Å²) in [7, 11) is 0. The van der Waals surface area contributed by atoms with Crippen LogP contribution in [-0.4, -0.2) is 58.0 Å². The molecule has 1 fully saturated rings. The lowest BCUT2D eigenvalue weighted by atomic mass is 10.1. The third-order valence-corrected chi connectivity index (χ3v) is 6.25. The fraction of sp³-hybridized carbons (Fsp3) is 0.423. The van der Waals surface area contributed by atoms with Gasteiger partial charge in [0.2, 0.25) is 5.91 Å². The maximum Gasteiger partial charge on any atom is 0.266 e. The Balaban J connectivity index is 1.77. The summed E-state index contributed by atoms with van der Waals surface area (Å²) in [5, 5.41) is 0.576. The number of carbonyl (C=O) groups excluding carboxylic acids is 1. The molecule has 2 aromatic carbocycles. The first-order valence-electron chi connectivity index (χ1n) is 11.7. The van der Waals surface area contributed by atoms with Gasteiger partial charge in [0.05, 0.1) is 29.2 Å². The molecule has 1 aliphatic rings. The van der Waals surface area contributed by atoms with Crippen LogP contribution < -0.4 is 10.3 Å². The van der Waals surface area contributed by atoms with Crippen LogP contribution in [0.5, 0.6) is 5.75 Å². The average molecular weight is 449 g/mol. The normalized spacial score (nSPS) is 15.7. The number of hydrogen-bond acceptors (Lipinski definition) is 5. The second kappa shape index (κ2) is 9.75. The Morgan fingerprint density at radius 1 is 1.00 bits per heavy atom. The number of benzene rings is 2. The molecule has 1 unspecified atom stereocenters. The summed E-state index contributed by atoms with van der Waals surface area (Å²) in [5.74, 6) is 1.51. The molecule has 0 N–H and O–H groups in total. The monoisotopic (exact) mass is 448 g/mol. The molecule has 0 radical (unpaired) electrons. The van der Waals surface area contributed by atoms with Crippen molar-refractivity contribution in [2.45, 2.75) is 33.7 Å². The Morgan fingerprint density at radius 3 is 2.36 bits per heavy atom. The second-order valence-electron chi connectivity index (χ2n) is 8.72. The van der Waals surface area contributed by atoms with Crippen LogP contribution in [-0.2, 0) is 4.79 Å². The van der Waals surface area contributed by atoms with Crippen molar-refractivity contribution in [2.24, 2.45) is 5.92 Å². The zero-order valence-corrected chi connectivity index (χ0v) is 19.8. The maximum absolute atomic E-state index is 13.7. The zero-order chi connectivity index (χ0) is 23.5. The minimum Gasteiger partial charge on any atom is -0.492 e. The number of piperazine rings is 1. The number of rotatable bonds is 6. The van der Waals surface area contributed by atoms with Gasteiger partial charge in [-0.2, -0.15) is 0 Å². The van der Waals surface area contributed by atoms with Crippen LogP contribution in [0, 0.1) is 5.92 Å². The Morgan fingerprint density at radius 2 is 1.67 bits per heavy atom. The Labute approximate surface area is 194 Å². The zero-order valence-electron chi connectivity index (χ0n) is 19.8. The van der Waals surface area contributed by atoms with Gasteiger partial charge in [-0.05, 0) is 38.1 Å². The molecule has 1 aromatic heterocycles. The molecule has 4 rings (SSSR count). The predicted molar refractivity (Wildman–Crippen MR) is 130 cm³/mol. The summed E-state index contributed by atoms with van der Waals surface area (Å²) >= 11 is 0. The van der Waals surface area contributed by atoms with E-state index in [0.29, 0.717) is 47.9 Å². The van der Waals surface area contributed by atoms with Gasteiger partial charge in [-0.3, -0.25) is 19.1 Å². The molecule has 3 aromatic rings. The first-order valence-corrected chi connectivity index (χ1v) is 11.7. The van der Waals surface area contributed by atoms with Crippen molar-refractivity contribution in [3.63, 3.8) is 0 Å². The summed E-state index contributed by atoms with van der Waals surface area (Å²) in [6.07, 6.45) is 0. The highest BCUT2D eigenvalue weighted by molar-refractivity contribution is 5.78. The number of aromatic nitrogens is 2. The molecule has 0 bridgehead atoms. The van der Waals surface area contributed by atoms with Crippen LogP contribution in [0.4, 0.5) is 0 Å². The Kier molecular flexibility index (Phi) is 6.79. The first kappa shape index (κ1) is 23.0. The third-order valence-electron chi connectivity index (χ3n) is 6.25. The third kappa shape index (κ3) is 4.50. The second-order valence-corrected chi connectivity index (χ2v) is 8.72.